The summed E-state index contributed by atoms with van der Waals surface area (Å²) in [5.74, 6) is 0.861. The molecule has 3 nitrogen and oxygen atoms in total. The molecule has 4 aromatic rings. The lowest BCUT2D eigenvalue weighted by atomic mass is 9.98. The molecule has 1 aliphatic heterocycles. The first-order valence-electron chi connectivity index (χ1n) is 11.2. The summed E-state index contributed by atoms with van der Waals surface area (Å²) in [6, 6.07) is 37.6. The van der Waals surface area contributed by atoms with E-state index in [1.807, 2.05) is 18.2 Å². The number of nitrogens with zero attached hydrogens (tertiary/aromatic N) is 2. The van der Waals surface area contributed by atoms with Crippen LogP contribution in [0.4, 0.5) is 5.69 Å². The first-order valence-corrected chi connectivity index (χ1v) is 11.2. The molecule has 0 saturated carbocycles. The second kappa shape index (κ2) is 9.58. The Balaban J connectivity index is 1.34. The van der Waals surface area contributed by atoms with E-state index in [1.54, 1.807) is 0 Å². The molecular weight excluding hydrogens is 404 g/mol. The maximum absolute atomic E-state index is 6.02. The van der Waals surface area contributed by atoms with Crippen LogP contribution in [0.3, 0.4) is 0 Å². The van der Waals surface area contributed by atoms with Crippen molar-refractivity contribution < 1.29 is 4.74 Å². The molecule has 0 aliphatic carbocycles. The van der Waals surface area contributed by atoms with E-state index >= 15 is 0 Å². The van der Waals surface area contributed by atoms with E-state index in [0.717, 1.165) is 34.7 Å². The monoisotopic (exact) mass is 430 g/mol. The molecule has 1 atom stereocenters. The summed E-state index contributed by atoms with van der Waals surface area (Å²) in [7, 11) is 0. The van der Waals surface area contributed by atoms with Gasteiger partial charge in [0.2, 0.25) is 0 Å². The smallest absolute Gasteiger partial charge is 0.119 e. The Morgan fingerprint density at radius 1 is 0.818 bits per heavy atom. The number of rotatable bonds is 7. The third-order valence-corrected chi connectivity index (χ3v) is 5.92. The molecule has 0 aromatic heterocycles. The van der Waals surface area contributed by atoms with Crippen LogP contribution in [0.25, 0.3) is 6.08 Å². The molecule has 0 spiro atoms. The Bertz CT molecular complexity index is 1230. The lowest BCUT2D eigenvalue weighted by Gasteiger charge is -2.24. The molecule has 0 fully saturated rings. The molecule has 1 unspecified atom stereocenters. The molecule has 1 heterocycles. The maximum Gasteiger partial charge on any atom is 0.119 e. The van der Waals surface area contributed by atoms with Gasteiger partial charge >= 0.3 is 0 Å². The zero-order valence-electron chi connectivity index (χ0n) is 18.5. The van der Waals surface area contributed by atoms with Gasteiger partial charge in [-0.05, 0) is 46.5 Å². The molecule has 0 N–H and O–H groups in total. The SMILES string of the molecule is C=Cc1ccc(COc2ccc(C3CC(c4ccccc4)=NN3c3ccccc3)cc2)cc1. The number of hydrazone groups is 1. The van der Waals surface area contributed by atoms with Crippen molar-refractivity contribution in [3.63, 3.8) is 0 Å². The van der Waals surface area contributed by atoms with Crippen LogP contribution in [0.15, 0.2) is 121 Å². The lowest BCUT2D eigenvalue weighted by molar-refractivity contribution is 0.306. The van der Waals surface area contributed by atoms with Gasteiger partial charge in [-0.2, -0.15) is 5.10 Å². The van der Waals surface area contributed by atoms with Gasteiger partial charge in [0.1, 0.15) is 12.4 Å². The maximum atomic E-state index is 6.02. The number of hydrogen-bond acceptors (Lipinski definition) is 3. The summed E-state index contributed by atoms with van der Waals surface area (Å²) in [6.07, 6.45) is 2.70. The summed E-state index contributed by atoms with van der Waals surface area (Å²) in [6.45, 7) is 4.34. The highest BCUT2D eigenvalue weighted by Crippen LogP contribution is 2.37. The van der Waals surface area contributed by atoms with Crippen LogP contribution in [0.2, 0.25) is 0 Å². The molecule has 0 radical (unpaired) electrons. The molecule has 1 aliphatic rings. The Hall–Kier alpha value is -4.11. The molecule has 0 amide bonds. The fraction of sp³-hybridized carbons (Fsp3) is 0.100. The third kappa shape index (κ3) is 4.73. The minimum Gasteiger partial charge on any atom is -0.489 e. The number of ether oxygens (including phenoxy) is 1. The molecule has 5 rings (SSSR count). The number of benzene rings is 4. The van der Waals surface area contributed by atoms with E-state index in [2.05, 4.69) is 109 Å². The van der Waals surface area contributed by atoms with Gasteiger partial charge in [-0.1, -0.05) is 97.6 Å². The van der Waals surface area contributed by atoms with Crippen molar-refractivity contribution in [1.82, 2.24) is 0 Å². The molecule has 0 bridgehead atoms. The average molecular weight is 431 g/mol. The van der Waals surface area contributed by atoms with Crippen molar-refractivity contribution in [2.24, 2.45) is 5.10 Å². The highest BCUT2D eigenvalue weighted by Gasteiger charge is 2.29. The molecule has 4 aromatic carbocycles. The second-order valence-electron chi connectivity index (χ2n) is 8.12. The van der Waals surface area contributed by atoms with Gasteiger partial charge in [0.05, 0.1) is 17.4 Å². The van der Waals surface area contributed by atoms with Crippen molar-refractivity contribution in [1.29, 1.82) is 0 Å². The minimum absolute atomic E-state index is 0.142. The van der Waals surface area contributed by atoms with Crippen LogP contribution < -0.4 is 9.75 Å². The van der Waals surface area contributed by atoms with Gasteiger partial charge in [0, 0.05) is 6.42 Å². The van der Waals surface area contributed by atoms with E-state index in [9.17, 15) is 0 Å². The molecule has 162 valence electrons. The van der Waals surface area contributed by atoms with Crippen LogP contribution in [0.5, 0.6) is 5.75 Å². The van der Waals surface area contributed by atoms with Gasteiger partial charge < -0.3 is 4.74 Å². The van der Waals surface area contributed by atoms with E-state index in [-0.39, 0.29) is 6.04 Å². The standard InChI is InChI=1S/C30H26N2O/c1-2-23-13-15-24(16-14-23)22-33-28-19-17-26(18-20-28)30-21-29(25-9-5-3-6-10-25)31-32(30)27-11-7-4-8-12-27/h2-20,30H,1,21-22H2. The number of hydrogen-bond donors (Lipinski definition) is 0. The van der Waals surface area contributed by atoms with Crippen molar-refractivity contribution >= 4 is 17.5 Å². The third-order valence-electron chi connectivity index (χ3n) is 5.92. The van der Waals surface area contributed by atoms with Crippen LogP contribution in [-0.4, -0.2) is 5.71 Å². The van der Waals surface area contributed by atoms with Gasteiger partial charge in [-0.25, -0.2) is 0 Å². The normalized spacial score (nSPS) is 15.2. The van der Waals surface area contributed by atoms with Gasteiger partial charge in [-0.15, -0.1) is 0 Å². The Morgan fingerprint density at radius 3 is 2.15 bits per heavy atom. The number of anilines is 1. The predicted molar refractivity (Wildman–Crippen MR) is 137 cm³/mol. The molecule has 3 heteroatoms. The molecular formula is C30H26N2O. The molecule has 0 saturated heterocycles. The van der Waals surface area contributed by atoms with Crippen LogP contribution >= 0.6 is 0 Å². The van der Waals surface area contributed by atoms with E-state index in [1.165, 1.54) is 11.1 Å². The zero-order valence-corrected chi connectivity index (χ0v) is 18.5. The van der Waals surface area contributed by atoms with E-state index in [4.69, 9.17) is 9.84 Å². The van der Waals surface area contributed by atoms with Crippen LogP contribution in [0, 0.1) is 0 Å². The van der Waals surface area contributed by atoms with Gasteiger partial charge in [0.15, 0.2) is 0 Å². The Labute approximate surface area is 195 Å². The van der Waals surface area contributed by atoms with Crippen molar-refractivity contribution in [3.05, 3.63) is 138 Å². The van der Waals surface area contributed by atoms with Gasteiger partial charge in [-0.3, -0.25) is 5.01 Å². The van der Waals surface area contributed by atoms with Crippen molar-refractivity contribution in [2.75, 3.05) is 5.01 Å². The largest absolute Gasteiger partial charge is 0.489 e. The van der Waals surface area contributed by atoms with Crippen LogP contribution in [-0.2, 0) is 6.61 Å². The summed E-state index contributed by atoms with van der Waals surface area (Å²) < 4.78 is 6.02. The first kappa shape index (κ1) is 20.8. The lowest BCUT2D eigenvalue weighted by Crippen LogP contribution is -2.18. The zero-order chi connectivity index (χ0) is 22.5. The summed E-state index contributed by atoms with van der Waals surface area (Å²) >= 11 is 0. The topological polar surface area (TPSA) is 24.8 Å². The Morgan fingerprint density at radius 2 is 1.48 bits per heavy atom. The van der Waals surface area contributed by atoms with Gasteiger partial charge in [0.25, 0.3) is 0 Å². The number of para-hydroxylation sites is 1. The van der Waals surface area contributed by atoms with E-state index < -0.39 is 0 Å². The average Bonchev–Trinajstić information content (AvgIpc) is 3.35. The highest BCUT2D eigenvalue weighted by atomic mass is 16.5. The fourth-order valence-corrected chi connectivity index (χ4v) is 4.10. The van der Waals surface area contributed by atoms with Crippen molar-refractivity contribution in [3.8, 4) is 5.75 Å². The van der Waals surface area contributed by atoms with Crippen molar-refractivity contribution in [2.45, 2.75) is 19.1 Å². The summed E-state index contributed by atoms with van der Waals surface area (Å²) in [5.41, 5.74) is 6.83. The van der Waals surface area contributed by atoms with Crippen LogP contribution in [0.1, 0.15) is 34.7 Å². The minimum atomic E-state index is 0.142. The first-order chi connectivity index (χ1) is 16.3. The quantitative estimate of drug-likeness (QED) is 0.308. The Kier molecular flexibility index (Phi) is 6.03. The summed E-state index contributed by atoms with van der Waals surface area (Å²) in [4.78, 5) is 0. The summed E-state index contributed by atoms with van der Waals surface area (Å²) in [5, 5.41) is 7.15. The predicted octanol–water partition coefficient (Wildman–Crippen LogP) is 7.26. The fourth-order valence-electron chi connectivity index (χ4n) is 4.10. The second-order valence-corrected chi connectivity index (χ2v) is 8.12. The van der Waals surface area contributed by atoms with E-state index in [0.29, 0.717) is 6.61 Å². The highest BCUT2D eigenvalue weighted by molar-refractivity contribution is 6.03. The molecule has 33 heavy (non-hydrogen) atoms.